The lowest BCUT2D eigenvalue weighted by Crippen LogP contribution is -2.17. The third-order valence-electron chi connectivity index (χ3n) is 5.79. The molecule has 0 heterocycles. The molecule has 0 saturated carbocycles. The Morgan fingerprint density at radius 1 is 0.711 bits per heavy atom. The molecular weight excluding hydrogens is 528 g/mol. The lowest BCUT2D eigenvalue weighted by Gasteiger charge is -2.19. The van der Waals surface area contributed by atoms with Crippen LogP contribution in [0.2, 0.25) is 0 Å². The average Bonchev–Trinajstić information content (AvgIpc) is 2.90. The summed E-state index contributed by atoms with van der Waals surface area (Å²) in [6, 6.07) is 20.0. The van der Waals surface area contributed by atoms with Gasteiger partial charge in [0, 0.05) is 17.2 Å². The number of sulfonamides is 2. The summed E-state index contributed by atoms with van der Waals surface area (Å²) in [6.07, 6.45) is -0.122. The second-order valence-corrected chi connectivity index (χ2v) is 11.8. The van der Waals surface area contributed by atoms with Gasteiger partial charge in [0.2, 0.25) is 0 Å². The Morgan fingerprint density at radius 2 is 1.18 bits per heavy atom. The van der Waals surface area contributed by atoms with Gasteiger partial charge in [0.05, 0.1) is 35.4 Å². The molecule has 11 heteroatoms. The molecule has 38 heavy (non-hydrogen) atoms. The zero-order valence-corrected chi connectivity index (χ0v) is 22.5. The van der Waals surface area contributed by atoms with Crippen molar-refractivity contribution < 1.29 is 31.1 Å². The monoisotopic (exact) mass is 554 g/mol. The van der Waals surface area contributed by atoms with Gasteiger partial charge in [0.1, 0.15) is 17.3 Å². The lowest BCUT2D eigenvalue weighted by molar-refractivity contribution is -0.116. The van der Waals surface area contributed by atoms with Crippen molar-refractivity contribution >= 4 is 48.0 Å². The molecule has 0 fully saturated rings. The first-order chi connectivity index (χ1) is 18.0. The second-order valence-electron chi connectivity index (χ2n) is 8.44. The van der Waals surface area contributed by atoms with Crippen molar-refractivity contribution in [1.29, 1.82) is 0 Å². The molecule has 198 valence electrons. The maximum Gasteiger partial charge on any atom is 0.261 e. The number of hydrogen-bond donors (Lipinski definition) is 2. The van der Waals surface area contributed by atoms with Gasteiger partial charge in [-0.05, 0) is 67.1 Å². The molecular formula is C27H26N2O7S2. The van der Waals surface area contributed by atoms with Crippen molar-refractivity contribution in [3.63, 3.8) is 0 Å². The molecule has 0 amide bonds. The summed E-state index contributed by atoms with van der Waals surface area (Å²) in [5.41, 5.74) is 0.722. The molecule has 0 aliphatic heterocycles. The van der Waals surface area contributed by atoms with Crippen LogP contribution in [0.5, 0.6) is 11.5 Å². The van der Waals surface area contributed by atoms with Crippen LogP contribution in [-0.2, 0) is 31.3 Å². The van der Waals surface area contributed by atoms with Crippen molar-refractivity contribution in [3.05, 3.63) is 84.4 Å². The van der Waals surface area contributed by atoms with Crippen LogP contribution in [0.3, 0.4) is 0 Å². The van der Waals surface area contributed by atoms with E-state index in [-0.39, 0.29) is 33.4 Å². The summed E-state index contributed by atoms with van der Waals surface area (Å²) < 4.78 is 68.3. The van der Waals surface area contributed by atoms with Crippen molar-refractivity contribution in [3.8, 4) is 11.5 Å². The van der Waals surface area contributed by atoms with Crippen LogP contribution in [0.25, 0.3) is 10.8 Å². The topological polar surface area (TPSA) is 128 Å². The van der Waals surface area contributed by atoms with E-state index in [0.29, 0.717) is 27.8 Å². The van der Waals surface area contributed by atoms with Gasteiger partial charge in [0.15, 0.2) is 0 Å². The van der Waals surface area contributed by atoms with Gasteiger partial charge in [-0.3, -0.25) is 14.2 Å². The first-order valence-electron chi connectivity index (χ1n) is 11.4. The molecule has 0 saturated heterocycles. The van der Waals surface area contributed by atoms with Crippen LogP contribution in [0.1, 0.15) is 12.5 Å². The van der Waals surface area contributed by atoms with E-state index in [0.717, 1.165) is 0 Å². The highest BCUT2D eigenvalue weighted by molar-refractivity contribution is 7.93. The predicted molar refractivity (Wildman–Crippen MR) is 146 cm³/mol. The predicted octanol–water partition coefficient (Wildman–Crippen LogP) is 4.59. The standard InChI is InChI=1S/C27H26N2O7S2/c1-18(30)16-19-17-26(28-37(31,32)22-12-8-20(35-2)9-13-22)24-6-4-5-7-25(24)27(19)29-38(33,34)23-14-10-21(36-3)11-15-23/h4-15,17,28-29H,16H2,1-3H3. The van der Waals surface area contributed by atoms with Crippen molar-refractivity contribution in [2.24, 2.45) is 0 Å². The van der Waals surface area contributed by atoms with E-state index >= 15 is 0 Å². The van der Waals surface area contributed by atoms with E-state index < -0.39 is 20.0 Å². The van der Waals surface area contributed by atoms with E-state index in [9.17, 15) is 21.6 Å². The molecule has 4 aromatic rings. The Labute approximate surface area is 221 Å². The summed E-state index contributed by atoms with van der Waals surface area (Å²) >= 11 is 0. The normalized spacial score (nSPS) is 11.7. The number of Topliss-reactive ketones (excluding diaryl/α,β-unsaturated/α-hetero) is 1. The molecule has 4 rings (SSSR count). The zero-order valence-electron chi connectivity index (χ0n) is 20.9. The molecule has 0 radical (unpaired) electrons. The highest BCUT2D eigenvalue weighted by atomic mass is 32.2. The summed E-state index contributed by atoms with van der Waals surface area (Å²) in [7, 11) is -5.11. The fraction of sp³-hybridized carbons (Fsp3) is 0.148. The third-order valence-corrected chi connectivity index (χ3v) is 8.53. The quantitative estimate of drug-likeness (QED) is 0.293. The van der Waals surface area contributed by atoms with Crippen molar-refractivity contribution in [2.45, 2.75) is 23.1 Å². The Morgan fingerprint density at radius 3 is 1.66 bits per heavy atom. The molecule has 0 unspecified atom stereocenters. The van der Waals surface area contributed by atoms with Crippen LogP contribution < -0.4 is 18.9 Å². The molecule has 0 aliphatic rings. The van der Waals surface area contributed by atoms with Crippen LogP contribution in [0, 0.1) is 0 Å². The first-order valence-corrected chi connectivity index (χ1v) is 14.4. The summed E-state index contributed by atoms with van der Waals surface area (Å²) in [5, 5.41) is 0.875. The molecule has 0 aliphatic carbocycles. The first kappa shape index (κ1) is 27.0. The van der Waals surface area contributed by atoms with Gasteiger partial charge in [-0.25, -0.2) is 16.8 Å². The minimum absolute atomic E-state index is 0.000408. The molecule has 0 spiro atoms. The summed E-state index contributed by atoms with van der Waals surface area (Å²) in [4.78, 5) is 12.2. The Bertz CT molecular complexity index is 1700. The smallest absolute Gasteiger partial charge is 0.261 e. The van der Waals surface area contributed by atoms with E-state index in [1.165, 1.54) is 75.7 Å². The molecule has 0 bridgehead atoms. The van der Waals surface area contributed by atoms with Gasteiger partial charge in [-0.2, -0.15) is 0 Å². The van der Waals surface area contributed by atoms with Crippen molar-refractivity contribution in [1.82, 2.24) is 0 Å². The summed E-state index contributed by atoms with van der Waals surface area (Å²) in [5.74, 6) is 0.779. The van der Waals surface area contributed by atoms with Gasteiger partial charge in [-0.15, -0.1) is 0 Å². The Kier molecular flexibility index (Phi) is 7.61. The molecule has 9 nitrogen and oxygen atoms in total. The van der Waals surface area contributed by atoms with Gasteiger partial charge in [-0.1, -0.05) is 24.3 Å². The minimum atomic E-state index is -4.05. The van der Waals surface area contributed by atoms with E-state index in [2.05, 4.69) is 9.44 Å². The minimum Gasteiger partial charge on any atom is -0.497 e. The molecule has 4 aromatic carbocycles. The van der Waals surface area contributed by atoms with Gasteiger partial charge >= 0.3 is 0 Å². The van der Waals surface area contributed by atoms with E-state index in [1.807, 2.05) is 0 Å². The average molecular weight is 555 g/mol. The Balaban J connectivity index is 1.82. The van der Waals surface area contributed by atoms with Gasteiger partial charge < -0.3 is 9.47 Å². The SMILES string of the molecule is COc1ccc(S(=O)(=O)Nc2cc(CC(C)=O)c(NS(=O)(=O)c3ccc(OC)cc3)c3ccccc23)cc1. The highest BCUT2D eigenvalue weighted by Crippen LogP contribution is 2.37. The molecule has 2 N–H and O–H groups in total. The maximum absolute atomic E-state index is 13.3. The second kappa shape index (κ2) is 10.7. The number of carbonyl (C=O) groups is 1. The number of ketones is 1. The fourth-order valence-electron chi connectivity index (χ4n) is 3.95. The third kappa shape index (κ3) is 5.74. The van der Waals surface area contributed by atoms with Crippen LogP contribution in [0.4, 0.5) is 11.4 Å². The number of anilines is 2. The van der Waals surface area contributed by atoms with E-state index in [4.69, 9.17) is 9.47 Å². The zero-order chi connectivity index (χ0) is 27.5. The number of carbonyl (C=O) groups excluding carboxylic acids is 1. The maximum atomic E-state index is 13.3. The Hall–Kier alpha value is -4.09. The number of methoxy groups -OCH3 is 2. The highest BCUT2D eigenvalue weighted by Gasteiger charge is 2.23. The fourth-order valence-corrected chi connectivity index (χ4v) is 6.15. The van der Waals surface area contributed by atoms with Crippen LogP contribution >= 0.6 is 0 Å². The number of fused-ring (bicyclic) bond motifs is 1. The number of nitrogens with one attached hydrogen (secondary N) is 2. The number of ether oxygens (including phenoxy) is 2. The summed E-state index contributed by atoms with van der Waals surface area (Å²) in [6.45, 7) is 1.37. The number of benzene rings is 4. The van der Waals surface area contributed by atoms with E-state index in [1.54, 1.807) is 24.3 Å². The number of hydrogen-bond acceptors (Lipinski definition) is 7. The van der Waals surface area contributed by atoms with Crippen molar-refractivity contribution in [2.75, 3.05) is 23.7 Å². The lowest BCUT2D eigenvalue weighted by atomic mass is 9.99. The molecule has 0 atom stereocenters. The van der Waals surface area contributed by atoms with Gasteiger partial charge in [0.25, 0.3) is 20.0 Å². The van der Waals surface area contributed by atoms with Crippen LogP contribution in [-0.4, -0.2) is 36.8 Å². The number of rotatable bonds is 10. The van der Waals surface area contributed by atoms with Crippen LogP contribution in [0.15, 0.2) is 88.7 Å². The molecule has 0 aromatic heterocycles. The largest absolute Gasteiger partial charge is 0.497 e.